The molecule has 1 heterocycles. The number of anilines is 2. The van der Waals surface area contributed by atoms with Gasteiger partial charge in [-0.25, -0.2) is 4.98 Å². The average Bonchev–Trinajstić information content (AvgIpc) is 2.38. The minimum atomic E-state index is 0.513. The number of rotatable bonds is 3. The van der Waals surface area contributed by atoms with Crippen molar-refractivity contribution < 1.29 is 0 Å². The van der Waals surface area contributed by atoms with Crippen LogP contribution in [0.2, 0.25) is 5.15 Å². The van der Waals surface area contributed by atoms with Gasteiger partial charge < -0.3 is 4.90 Å². The quantitative estimate of drug-likeness (QED) is 0.759. The van der Waals surface area contributed by atoms with E-state index in [4.69, 9.17) is 11.6 Å². The van der Waals surface area contributed by atoms with Crippen LogP contribution < -0.4 is 4.90 Å². The summed E-state index contributed by atoms with van der Waals surface area (Å²) in [6, 6.07) is 14.1. The van der Waals surface area contributed by atoms with E-state index in [-0.39, 0.29) is 0 Å². The third kappa shape index (κ3) is 2.77. The van der Waals surface area contributed by atoms with Crippen LogP contribution in [-0.2, 0) is 6.42 Å². The maximum atomic E-state index is 5.89. The molecule has 0 aliphatic rings. The Balaban J connectivity index is 2.27. The zero-order chi connectivity index (χ0) is 12.3. The maximum absolute atomic E-state index is 5.89. The van der Waals surface area contributed by atoms with E-state index in [1.54, 1.807) is 6.07 Å². The fraction of sp³-hybridized carbons (Fsp3) is 0.214. The molecule has 0 aliphatic heterocycles. The SMILES string of the molecule is CCc1ccc(N(C)c2cccc(Cl)n2)cc1. The normalized spacial score (nSPS) is 10.3. The smallest absolute Gasteiger partial charge is 0.134 e. The second-order valence-electron chi connectivity index (χ2n) is 3.90. The van der Waals surface area contributed by atoms with Crippen molar-refractivity contribution in [3.8, 4) is 0 Å². The van der Waals surface area contributed by atoms with Crippen LogP contribution in [0.25, 0.3) is 0 Å². The highest BCUT2D eigenvalue weighted by Crippen LogP contribution is 2.23. The Kier molecular flexibility index (Phi) is 3.64. The molecule has 1 aromatic heterocycles. The van der Waals surface area contributed by atoms with Gasteiger partial charge in [0.1, 0.15) is 11.0 Å². The highest BCUT2D eigenvalue weighted by molar-refractivity contribution is 6.29. The lowest BCUT2D eigenvalue weighted by atomic mass is 10.1. The van der Waals surface area contributed by atoms with E-state index in [9.17, 15) is 0 Å². The number of pyridine rings is 1. The van der Waals surface area contributed by atoms with Crippen LogP contribution in [0.15, 0.2) is 42.5 Å². The van der Waals surface area contributed by atoms with Crippen LogP contribution in [0.4, 0.5) is 11.5 Å². The van der Waals surface area contributed by atoms with Gasteiger partial charge in [-0.2, -0.15) is 0 Å². The summed E-state index contributed by atoms with van der Waals surface area (Å²) in [4.78, 5) is 6.30. The first-order valence-corrected chi connectivity index (χ1v) is 6.03. The monoisotopic (exact) mass is 246 g/mol. The average molecular weight is 247 g/mol. The summed E-state index contributed by atoms with van der Waals surface area (Å²) in [5, 5.41) is 0.513. The molecule has 2 nitrogen and oxygen atoms in total. The zero-order valence-electron chi connectivity index (χ0n) is 10.0. The molecule has 0 atom stereocenters. The third-order valence-corrected chi connectivity index (χ3v) is 2.99. The van der Waals surface area contributed by atoms with Gasteiger partial charge in [0.05, 0.1) is 0 Å². The molecule has 0 saturated heterocycles. The lowest BCUT2D eigenvalue weighted by Gasteiger charge is -2.18. The second kappa shape index (κ2) is 5.19. The predicted molar refractivity (Wildman–Crippen MR) is 73.1 cm³/mol. The van der Waals surface area contributed by atoms with Gasteiger partial charge in [0, 0.05) is 12.7 Å². The first-order chi connectivity index (χ1) is 8.20. The molecular weight excluding hydrogens is 232 g/mol. The van der Waals surface area contributed by atoms with Crippen molar-refractivity contribution in [2.45, 2.75) is 13.3 Å². The van der Waals surface area contributed by atoms with Gasteiger partial charge in [0.2, 0.25) is 0 Å². The Hall–Kier alpha value is -1.54. The number of aryl methyl sites for hydroxylation is 1. The van der Waals surface area contributed by atoms with E-state index >= 15 is 0 Å². The van der Waals surface area contributed by atoms with E-state index in [0.29, 0.717) is 5.15 Å². The molecule has 0 fully saturated rings. The topological polar surface area (TPSA) is 16.1 Å². The van der Waals surface area contributed by atoms with Crippen LogP contribution in [0, 0.1) is 0 Å². The van der Waals surface area contributed by atoms with Crippen molar-refractivity contribution in [3.63, 3.8) is 0 Å². The van der Waals surface area contributed by atoms with Gasteiger partial charge in [0.15, 0.2) is 0 Å². The molecule has 0 amide bonds. The van der Waals surface area contributed by atoms with Gasteiger partial charge >= 0.3 is 0 Å². The van der Waals surface area contributed by atoms with Crippen molar-refractivity contribution in [2.75, 3.05) is 11.9 Å². The van der Waals surface area contributed by atoms with Gasteiger partial charge in [0.25, 0.3) is 0 Å². The summed E-state index contributed by atoms with van der Waals surface area (Å²) in [6.07, 6.45) is 1.05. The number of aromatic nitrogens is 1. The van der Waals surface area contributed by atoms with Crippen molar-refractivity contribution in [2.24, 2.45) is 0 Å². The zero-order valence-corrected chi connectivity index (χ0v) is 10.8. The third-order valence-electron chi connectivity index (χ3n) is 2.78. The van der Waals surface area contributed by atoms with Gasteiger partial charge in [-0.15, -0.1) is 0 Å². The number of hydrogen-bond donors (Lipinski definition) is 0. The van der Waals surface area contributed by atoms with E-state index in [1.807, 2.05) is 24.1 Å². The molecule has 3 heteroatoms. The Labute approximate surface area is 107 Å². The fourth-order valence-corrected chi connectivity index (χ4v) is 1.83. The standard InChI is InChI=1S/C14H15ClN2/c1-3-11-7-9-12(10-8-11)17(2)14-6-4-5-13(15)16-14/h4-10H,3H2,1-2H3. The van der Waals surface area contributed by atoms with Gasteiger partial charge in [-0.05, 0) is 36.2 Å². The molecule has 0 radical (unpaired) electrons. The molecule has 2 rings (SSSR count). The molecule has 88 valence electrons. The van der Waals surface area contributed by atoms with Crippen molar-refractivity contribution in [1.82, 2.24) is 4.98 Å². The van der Waals surface area contributed by atoms with E-state index < -0.39 is 0 Å². The Morgan fingerprint density at radius 3 is 2.41 bits per heavy atom. The summed E-state index contributed by atoms with van der Waals surface area (Å²) < 4.78 is 0. The first kappa shape index (κ1) is 11.9. The minimum absolute atomic E-state index is 0.513. The molecule has 17 heavy (non-hydrogen) atoms. The summed E-state index contributed by atoms with van der Waals surface area (Å²) in [7, 11) is 1.99. The molecule has 2 aromatic rings. The van der Waals surface area contributed by atoms with Gasteiger partial charge in [-0.1, -0.05) is 36.7 Å². The second-order valence-corrected chi connectivity index (χ2v) is 4.28. The largest absolute Gasteiger partial charge is 0.329 e. The molecule has 0 spiro atoms. The number of nitrogens with zero attached hydrogens (tertiary/aromatic N) is 2. The van der Waals surface area contributed by atoms with E-state index in [0.717, 1.165) is 17.9 Å². The van der Waals surface area contributed by atoms with Crippen molar-refractivity contribution in [3.05, 3.63) is 53.2 Å². The van der Waals surface area contributed by atoms with Crippen LogP contribution in [-0.4, -0.2) is 12.0 Å². The Bertz CT molecular complexity index is 494. The van der Waals surface area contributed by atoms with Crippen LogP contribution >= 0.6 is 11.6 Å². The van der Waals surface area contributed by atoms with Crippen molar-refractivity contribution >= 4 is 23.1 Å². The molecule has 0 bridgehead atoms. The number of halogens is 1. The highest BCUT2D eigenvalue weighted by Gasteiger charge is 2.05. The summed E-state index contributed by atoms with van der Waals surface area (Å²) in [6.45, 7) is 2.15. The highest BCUT2D eigenvalue weighted by atomic mass is 35.5. The van der Waals surface area contributed by atoms with Gasteiger partial charge in [-0.3, -0.25) is 0 Å². The Morgan fingerprint density at radius 1 is 1.12 bits per heavy atom. The van der Waals surface area contributed by atoms with E-state index in [1.165, 1.54) is 5.56 Å². The maximum Gasteiger partial charge on any atom is 0.134 e. The first-order valence-electron chi connectivity index (χ1n) is 5.66. The Morgan fingerprint density at radius 2 is 1.82 bits per heavy atom. The molecular formula is C14H15ClN2. The predicted octanol–water partition coefficient (Wildman–Crippen LogP) is 4.07. The molecule has 0 saturated carbocycles. The lowest BCUT2D eigenvalue weighted by Crippen LogP contribution is -2.10. The molecule has 1 aromatic carbocycles. The van der Waals surface area contributed by atoms with Crippen molar-refractivity contribution in [1.29, 1.82) is 0 Å². The minimum Gasteiger partial charge on any atom is -0.329 e. The molecule has 0 N–H and O–H groups in total. The van der Waals surface area contributed by atoms with E-state index in [2.05, 4.69) is 36.2 Å². The number of hydrogen-bond acceptors (Lipinski definition) is 2. The fourth-order valence-electron chi connectivity index (χ4n) is 1.67. The summed E-state index contributed by atoms with van der Waals surface area (Å²) >= 11 is 5.89. The number of benzene rings is 1. The lowest BCUT2D eigenvalue weighted by molar-refractivity contribution is 1.11. The van der Waals surface area contributed by atoms with Crippen LogP contribution in [0.3, 0.4) is 0 Å². The van der Waals surface area contributed by atoms with Crippen LogP contribution in [0.5, 0.6) is 0 Å². The summed E-state index contributed by atoms with van der Waals surface area (Å²) in [5.74, 6) is 0.849. The molecule has 0 unspecified atom stereocenters. The summed E-state index contributed by atoms with van der Waals surface area (Å²) in [5.41, 5.74) is 2.44. The molecule has 0 aliphatic carbocycles. The van der Waals surface area contributed by atoms with Crippen LogP contribution in [0.1, 0.15) is 12.5 Å².